The zero-order valence-electron chi connectivity index (χ0n) is 20.1. The number of fused-ring (bicyclic) bond motifs is 1. The predicted octanol–water partition coefficient (Wildman–Crippen LogP) is 6.17. The first-order valence-electron chi connectivity index (χ1n) is 11.2. The Labute approximate surface area is 195 Å². The molecule has 174 valence electrons. The van der Waals surface area contributed by atoms with Crippen molar-refractivity contribution in [1.82, 2.24) is 9.45 Å². The molecule has 2 aromatic carbocycles. The van der Waals surface area contributed by atoms with E-state index in [4.69, 9.17) is 9.85 Å². The first-order chi connectivity index (χ1) is 15.7. The van der Waals surface area contributed by atoms with Crippen LogP contribution in [0.2, 0.25) is 0 Å². The quantitative estimate of drug-likeness (QED) is 0.299. The number of nitro benzene ring substituents is 1. The molecule has 0 saturated heterocycles. The Morgan fingerprint density at radius 1 is 1.09 bits per heavy atom. The minimum absolute atomic E-state index is 0.0102. The monoisotopic (exact) mass is 466 g/mol. The van der Waals surface area contributed by atoms with Gasteiger partial charge in [-0.3, -0.25) is 10.1 Å². The maximum atomic E-state index is 11.8. The highest BCUT2D eigenvalue weighted by molar-refractivity contribution is 7.67. The van der Waals surface area contributed by atoms with E-state index in [2.05, 4.69) is 68.6 Å². The van der Waals surface area contributed by atoms with Crippen molar-refractivity contribution in [2.45, 2.75) is 33.1 Å². The van der Waals surface area contributed by atoms with E-state index in [0.29, 0.717) is 5.69 Å². The van der Waals surface area contributed by atoms with E-state index >= 15 is 0 Å². The van der Waals surface area contributed by atoms with E-state index in [1.54, 1.807) is 18.2 Å². The third-order valence-electron chi connectivity index (χ3n) is 6.63. The number of para-hydroxylation sites is 2. The van der Waals surface area contributed by atoms with Gasteiger partial charge in [-0.25, -0.2) is 14.2 Å². The van der Waals surface area contributed by atoms with Crippen molar-refractivity contribution in [2.24, 2.45) is 9.85 Å². The van der Waals surface area contributed by atoms with Crippen molar-refractivity contribution in [3.63, 3.8) is 0 Å². The molecule has 0 saturated carbocycles. The van der Waals surface area contributed by atoms with Gasteiger partial charge in [0.05, 0.1) is 16.5 Å². The summed E-state index contributed by atoms with van der Waals surface area (Å²) in [6, 6.07) is 15.2. The highest BCUT2D eigenvalue weighted by Gasteiger charge is 2.48. The smallest absolute Gasteiger partial charge is 0.294 e. The molecular weight excluding hydrogens is 435 g/mol. The Kier molecular flexibility index (Phi) is 5.93. The van der Waals surface area contributed by atoms with Gasteiger partial charge in [-0.05, 0) is 17.7 Å². The molecule has 9 heteroatoms. The number of nitro groups is 1. The molecule has 1 atom stereocenters. The lowest BCUT2D eigenvalue weighted by Crippen LogP contribution is -2.30. The largest absolute Gasteiger partial charge is 0.346 e. The summed E-state index contributed by atoms with van der Waals surface area (Å²) in [5, 5.41) is 17.6. The summed E-state index contributed by atoms with van der Waals surface area (Å²) in [7, 11) is 1.38. The number of hydrazone groups is 1. The van der Waals surface area contributed by atoms with E-state index in [1.807, 2.05) is 18.0 Å². The first kappa shape index (κ1) is 23.2. The molecule has 8 nitrogen and oxygen atoms in total. The summed E-state index contributed by atoms with van der Waals surface area (Å²) in [6.45, 7) is 10.2. The van der Waals surface area contributed by atoms with Crippen LogP contribution >= 0.6 is 7.36 Å². The minimum Gasteiger partial charge on any atom is -0.346 e. The van der Waals surface area contributed by atoms with Gasteiger partial charge in [-0.1, -0.05) is 58.0 Å². The van der Waals surface area contributed by atoms with Crippen LogP contribution in [-0.4, -0.2) is 47.8 Å². The van der Waals surface area contributed by atoms with Crippen LogP contribution in [0.4, 0.5) is 17.1 Å². The summed E-state index contributed by atoms with van der Waals surface area (Å²) < 4.78 is 9.48. The third kappa shape index (κ3) is 3.40. The number of nitrogens with zero attached hydrogens (tertiary/aromatic N) is 6. The van der Waals surface area contributed by atoms with Crippen LogP contribution in [0.1, 0.15) is 33.3 Å². The maximum Gasteiger partial charge on any atom is 0.294 e. The van der Waals surface area contributed by atoms with Gasteiger partial charge < -0.3 is 4.90 Å². The molecule has 4 rings (SSSR count). The highest BCUT2D eigenvalue weighted by atomic mass is 31.2. The molecule has 0 aromatic heterocycles. The number of rotatable bonds is 5. The molecule has 2 aliphatic heterocycles. The number of anilines is 1. The van der Waals surface area contributed by atoms with Crippen LogP contribution in [0.3, 0.4) is 0 Å². The van der Waals surface area contributed by atoms with E-state index in [9.17, 15) is 10.1 Å². The van der Waals surface area contributed by atoms with E-state index in [1.165, 1.54) is 11.6 Å². The van der Waals surface area contributed by atoms with Crippen LogP contribution in [0.15, 0.2) is 69.4 Å². The molecular formula is C24H31N6O2P. The topological polar surface area (TPSA) is 77.6 Å². The summed E-state index contributed by atoms with van der Waals surface area (Å²) in [6.07, 6.45) is 1.92. The molecule has 0 aliphatic carbocycles. The molecule has 0 spiro atoms. The van der Waals surface area contributed by atoms with Crippen molar-refractivity contribution in [3.05, 3.63) is 75.2 Å². The van der Waals surface area contributed by atoms with Crippen LogP contribution in [-0.2, 0) is 5.41 Å². The van der Waals surface area contributed by atoms with Gasteiger partial charge in [-0.15, -0.1) is 0 Å². The third-order valence-corrected chi connectivity index (χ3v) is 10.4. The first-order valence-corrected chi connectivity index (χ1v) is 12.8. The molecule has 0 N–H and O–H groups in total. The Balaban J connectivity index is 2.10. The molecule has 2 heterocycles. The fourth-order valence-corrected chi connectivity index (χ4v) is 8.81. The second-order valence-corrected chi connectivity index (χ2v) is 11.7. The second-order valence-electron chi connectivity index (χ2n) is 8.72. The zero-order valence-corrected chi connectivity index (χ0v) is 21.0. The highest BCUT2D eigenvalue weighted by Crippen LogP contribution is 2.69. The molecule has 0 unspecified atom stereocenters. The van der Waals surface area contributed by atoms with Gasteiger partial charge in [-0.2, -0.15) is 5.10 Å². The molecule has 0 bridgehead atoms. The lowest BCUT2D eigenvalue weighted by atomic mass is 9.84. The van der Waals surface area contributed by atoms with E-state index < -0.39 is 7.36 Å². The zero-order chi connectivity index (χ0) is 24.0. The Hall–Kier alpha value is -2.96. The minimum atomic E-state index is -2.64. The molecule has 2 aromatic rings. The van der Waals surface area contributed by atoms with E-state index in [0.717, 1.165) is 29.8 Å². The Morgan fingerprint density at radius 3 is 2.36 bits per heavy atom. The van der Waals surface area contributed by atoms with Crippen LogP contribution in [0.5, 0.6) is 0 Å². The second kappa shape index (κ2) is 8.43. The maximum absolute atomic E-state index is 11.8. The van der Waals surface area contributed by atoms with E-state index in [-0.39, 0.29) is 16.0 Å². The summed E-state index contributed by atoms with van der Waals surface area (Å²) in [4.78, 5) is 13.7. The Morgan fingerprint density at radius 2 is 1.73 bits per heavy atom. The van der Waals surface area contributed by atoms with Gasteiger partial charge in [0.25, 0.3) is 5.69 Å². The number of likely N-dealkylation sites (N-methyl/N-ethyl adjacent to an activating group) is 1. The van der Waals surface area contributed by atoms with Crippen LogP contribution in [0.25, 0.3) is 0 Å². The number of benzene rings is 2. The van der Waals surface area contributed by atoms with Gasteiger partial charge >= 0.3 is 0 Å². The number of allylic oxidation sites excluding steroid dienone is 2. The standard InChI is InChI=1S/C24H31N6O2P/c1-7-29(8-2)33(26-19-14-10-12-16-21(19)30(31)32)22(17-25-28(33)6)23-24(3,4)18-13-9-11-15-20(18)27(23)5/h9-17H,7-8H2,1-6H3/b23-22-/t33-/m0/s1. The van der Waals surface area contributed by atoms with Crippen molar-refractivity contribution in [3.8, 4) is 0 Å². The van der Waals surface area contributed by atoms with Crippen LogP contribution in [0, 0.1) is 10.1 Å². The average molecular weight is 467 g/mol. The molecule has 0 fully saturated rings. The molecule has 2 aliphatic rings. The van der Waals surface area contributed by atoms with Crippen molar-refractivity contribution < 1.29 is 4.92 Å². The number of hydrogen-bond donors (Lipinski definition) is 0. The van der Waals surface area contributed by atoms with Gasteiger partial charge in [0.15, 0.2) is 7.36 Å². The lowest BCUT2D eigenvalue weighted by molar-refractivity contribution is -0.384. The summed E-state index contributed by atoms with van der Waals surface area (Å²) >= 11 is 0. The number of hydrogen-bond acceptors (Lipinski definition) is 5. The summed E-state index contributed by atoms with van der Waals surface area (Å²) in [5.74, 6) is 0. The van der Waals surface area contributed by atoms with Crippen molar-refractivity contribution in [2.75, 3.05) is 32.1 Å². The normalized spacial score (nSPS) is 23.4. The average Bonchev–Trinajstić information content (AvgIpc) is 3.20. The van der Waals surface area contributed by atoms with Gasteiger partial charge in [0.1, 0.15) is 5.69 Å². The lowest BCUT2D eigenvalue weighted by Gasteiger charge is -2.39. The van der Waals surface area contributed by atoms with Gasteiger partial charge in [0, 0.05) is 50.1 Å². The molecule has 33 heavy (non-hydrogen) atoms. The fraction of sp³-hybridized carbons (Fsp3) is 0.375. The summed E-state index contributed by atoms with van der Waals surface area (Å²) in [5.41, 5.74) is 3.68. The Bertz CT molecular complexity index is 1210. The molecule has 0 radical (unpaired) electrons. The van der Waals surface area contributed by atoms with Crippen molar-refractivity contribution in [1.29, 1.82) is 0 Å². The van der Waals surface area contributed by atoms with Crippen LogP contribution < -0.4 is 4.90 Å². The fourth-order valence-electron chi connectivity index (χ4n) is 5.09. The molecule has 0 amide bonds. The SMILES string of the molecule is CCN(CC)[P@]1(=Nc2ccccc2[N+](=O)[O-])/C(=C2\N(C)c3ccccc3C2(C)C)C=NN1C. The van der Waals surface area contributed by atoms with Gasteiger partial charge in [0.2, 0.25) is 0 Å². The van der Waals surface area contributed by atoms with Crippen molar-refractivity contribution >= 4 is 30.6 Å². The predicted molar refractivity (Wildman–Crippen MR) is 136 cm³/mol.